The van der Waals surface area contributed by atoms with Gasteiger partial charge in [0.15, 0.2) is 0 Å². The fourth-order valence-corrected chi connectivity index (χ4v) is 3.98. The van der Waals surface area contributed by atoms with Gasteiger partial charge in [-0.2, -0.15) is 0 Å². The Kier molecular flexibility index (Phi) is 7.20. The van der Waals surface area contributed by atoms with Crippen molar-refractivity contribution in [2.45, 2.75) is 13.1 Å². The standard InChI is InChI=1S/C23H23ClN2O4S/c1-30-22-13-5-17(6-14-22)15-25-23(27)19-7-11-21(12-8-19)26(31(2,28)29)16-18-3-9-20(24)10-4-18/h3-14H,15-16H2,1-2H3,(H,25,27). The molecule has 3 aromatic carbocycles. The second-order valence-corrected chi connectivity index (χ2v) is 9.32. The van der Waals surface area contributed by atoms with Crippen LogP contribution in [0.25, 0.3) is 0 Å². The molecule has 0 unspecified atom stereocenters. The van der Waals surface area contributed by atoms with Crippen LogP contribution in [0.5, 0.6) is 5.75 Å². The van der Waals surface area contributed by atoms with Crippen LogP contribution in [-0.2, 0) is 23.1 Å². The van der Waals surface area contributed by atoms with E-state index in [0.717, 1.165) is 23.1 Å². The fourth-order valence-electron chi connectivity index (χ4n) is 2.96. The average Bonchev–Trinajstić information content (AvgIpc) is 2.77. The maximum atomic E-state index is 12.5. The molecule has 1 amide bonds. The molecule has 0 heterocycles. The monoisotopic (exact) mass is 458 g/mol. The second-order valence-electron chi connectivity index (χ2n) is 6.97. The summed E-state index contributed by atoms with van der Waals surface area (Å²) in [4.78, 5) is 12.5. The minimum atomic E-state index is -3.52. The highest BCUT2D eigenvalue weighted by atomic mass is 35.5. The summed E-state index contributed by atoms with van der Waals surface area (Å²) in [6, 6.07) is 20.9. The molecular formula is C23H23ClN2O4S. The zero-order valence-corrected chi connectivity index (χ0v) is 18.8. The van der Waals surface area contributed by atoms with Gasteiger partial charge in [-0.3, -0.25) is 9.10 Å². The molecule has 0 spiro atoms. The number of rotatable bonds is 8. The Morgan fingerprint density at radius 2 is 1.52 bits per heavy atom. The van der Waals surface area contributed by atoms with E-state index < -0.39 is 10.0 Å². The van der Waals surface area contributed by atoms with Gasteiger partial charge in [0.05, 0.1) is 25.6 Å². The molecule has 0 aromatic heterocycles. The van der Waals surface area contributed by atoms with Crippen LogP contribution in [0.4, 0.5) is 5.69 Å². The lowest BCUT2D eigenvalue weighted by Gasteiger charge is -2.23. The van der Waals surface area contributed by atoms with Gasteiger partial charge in [-0.25, -0.2) is 8.42 Å². The smallest absolute Gasteiger partial charge is 0.251 e. The summed E-state index contributed by atoms with van der Waals surface area (Å²) in [6.45, 7) is 0.537. The number of hydrogen-bond acceptors (Lipinski definition) is 4. The number of ether oxygens (including phenoxy) is 1. The van der Waals surface area contributed by atoms with Crippen LogP contribution >= 0.6 is 11.6 Å². The third-order valence-electron chi connectivity index (χ3n) is 4.67. The van der Waals surface area contributed by atoms with Crippen molar-refractivity contribution < 1.29 is 17.9 Å². The Morgan fingerprint density at radius 1 is 0.935 bits per heavy atom. The SMILES string of the molecule is COc1ccc(CNC(=O)c2ccc(N(Cc3ccc(Cl)cc3)S(C)(=O)=O)cc2)cc1. The van der Waals surface area contributed by atoms with Gasteiger partial charge in [0.25, 0.3) is 5.91 Å². The van der Waals surface area contributed by atoms with Crippen LogP contribution in [0, 0.1) is 0 Å². The number of nitrogens with one attached hydrogen (secondary N) is 1. The Hall–Kier alpha value is -3.03. The van der Waals surface area contributed by atoms with Crippen LogP contribution < -0.4 is 14.4 Å². The lowest BCUT2D eigenvalue weighted by Crippen LogP contribution is -2.29. The van der Waals surface area contributed by atoms with Gasteiger partial charge in [-0.15, -0.1) is 0 Å². The molecule has 0 fully saturated rings. The predicted molar refractivity (Wildman–Crippen MR) is 123 cm³/mol. The minimum Gasteiger partial charge on any atom is -0.497 e. The first-order valence-corrected chi connectivity index (χ1v) is 11.7. The van der Waals surface area contributed by atoms with Crippen molar-refractivity contribution in [3.05, 3.63) is 94.5 Å². The summed E-state index contributed by atoms with van der Waals surface area (Å²) in [7, 11) is -1.92. The molecule has 3 rings (SSSR count). The highest BCUT2D eigenvalue weighted by Crippen LogP contribution is 2.22. The number of carbonyl (C=O) groups excluding carboxylic acids is 1. The quantitative estimate of drug-likeness (QED) is 0.547. The zero-order chi connectivity index (χ0) is 22.4. The molecule has 0 radical (unpaired) electrons. The second kappa shape index (κ2) is 9.85. The van der Waals surface area contributed by atoms with E-state index in [0.29, 0.717) is 22.8 Å². The van der Waals surface area contributed by atoms with Gasteiger partial charge in [0, 0.05) is 17.1 Å². The average molecular weight is 459 g/mol. The minimum absolute atomic E-state index is 0.166. The molecule has 0 bridgehead atoms. The summed E-state index contributed by atoms with van der Waals surface area (Å²) < 4.78 is 31.1. The van der Waals surface area contributed by atoms with E-state index >= 15 is 0 Å². The van der Waals surface area contributed by atoms with Crippen LogP contribution in [-0.4, -0.2) is 27.7 Å². The van der Waals surface area contributed by atoms with Crippen molar-refractivity contribution in [1.82, 2.24) is 5.32 Å². The first-order chi connectivity index (χ1) is 14.8. The van der Waals surface area contributed by atoms with Crippen molar-refractivity contribution in [3.8, 4) is 5.75 Å². The van der Waals surface area contributed by atoms with Crippen molar-refractivity contribution in [3.63, 3.8) is 0 Å². The Labute approximate surface area is 187 Å². The number of benzene rings is 3. The highest BCUT2D eigenvalue weighted by Gasteiger charge is 2.18. The summed E-state index contributed by atoms with van der Waals surface area (Å²) >= 11 is 5.91. The Morgan fingerprint density at radius 3 is 2.06 bits per heavy atom. The third kappa shape index (κ3) is 6.23. The van der Waals surface area contributed by atoms with Crippen molar-refractivity contribution in [2.75, 3.05) is 17.7 Å². The summed E-state index contributed by atoms with van der Waals surface area (Å²) in [5.41, 5.74) is 2.66. The number of nitrogens with zero attached hydrogens (tertiary/aromatic N) is 1. The topological polar surface area (TPSA) is 75.7 Å². The number of hydrogen-bond donors (Lipinski definition) is 1. The van der Waals surface area contributed by atoms with Crippen LogP contribution in [0.1, 0.15) is 21.5 Å². The summed E-state index contributed by atoms with van der Waals surface area (Å²) in [5.74, 6) is 0.505. The van der Waals surface area contributed by atoms with E-state index in [1.807, 2.05) is 24.3 Å². The number of halogens is 1. The van der Waals surface area contributed by atoms with E-state index in [9.17, 15) is 13.2 Å². The molecule has 0 saturated heterocycles. The van der Waals surface area contributed by atoms with Crippen LogP contribution in [0.15, 0.2) is 72.8 Å². The molecule has 0 aliphatic rings. The van der Waals surface area contributed by atoms with Crippen LogP contribution in [0.3, 0.4) is 0 Å². The largest absolute Gasteiger partial charge is 0.497 e. The molecule has 1 N–H and O–H groups in total. The molecule has 3 aromatic rings. The molecule has 0 saturated carbocycles. The predicted octanol–water partition coefficient (Wildman–Crippen LogP) is 4.24. The van der Waals surface area contributed by atoms with Gasteiger partial charge >= 0.3 is 0 Å². The van der Waals surface area contributed by atoms with Gasteiger partial charge in [-0.05, 0) is 59.7 Å². The van der Waals surface area contributed by atoms with E-state index in [2.05, 4.69) is 5.32 Å². The first-order valence-electron chi connectivity index (χ1n) is 9.49. The molecule has 31 heavy (non-hydrogen) atoms. The Bertz CT molecular complexity index is 1130. The number of methoxy groups -OCH3 is 1. The number of amides is 1. The van der Waals surface area contributed by atoms with Gasteiger partial charge < -0.3 is 10.1 Å². The summed E-state index contributed by atoms with van der Waals surface area (Å²) in [6.07, 6.45) is 1.15. The van der Waals surface area contributed by atoms with E-state index in [-0.39, 0.29) is 12.5 Å². The Balaban J connectivity index is 1.69. The maximum Gasteiger partial charge on any atom is 0.251 e. The summed E-state index contributed by atoms with van der Waals surface area (Å²) in [5, 5.41) is 3.44. The molecule has 162 valence electrons. The van der Waals surface area contributed by atoms with Crippen molar-refractivity contribution in [2.24, 2.45) is 0 Å². The van der Waals surface area contributed by atoms with E-state index in [4.69, 9.17) is 16.3 Å². The molecule has 8 heteroatoms. The molecule has 6 nitrogen and oxygen atoms in total. The third-order valence-corrected chi connectivity index (χ3v) is 6.06. The molecular weight excluding hydrogens is 436 g/mol. The maximum absolute atomic E-state index is 12.5. The van der Waals surface area contributed by atoms with Crippen molar-refractivity contribution >= 4 is 33.2 Å². The lowest BCUT2D eigenvalue weighted by molar-refractivity contribution is 0.0951. The molecule has 0 aliphatic carbocycles. The van der Waals surface area contributed by atoms with E-state index in [1.165, 1.54) is 4.31 Å². The number of anilines is 1. The molecule has 0 atom stereocenters. The van der Waals surface area contributed by atoms with Gasteiger partial charge in [0.2, 0.25) is 10.0 Å². The fraction of sp³-hybridized carbons (Fsp3) is 0.174. The number of carbonyl (C=O) groups is 1. The normalized spacial score (nSPS) is 11.1. The van der Waals surface area contributed by atoms with Crippen LogP contribution in [0.2, 0.25) is 5.02 Å². The van der Waals surface area contributed by atoms with Crippen molar-refractivity contribution in [1.29, 1.82) is 0 Å². The van der Waals surface area contributed by atoms with Gasteiger partial charge in [0.1, 0.15) is 5.75 Å². The first kappa shape index (κ1) is 22.7. The highest BCUT2D eigenvalue weighted by molar-refractivity contribution is 7.92. The van der Waals surface area contributed by atoms with E-state index in [1.54, 1.807) is 55.6 Å². The lowest BCUT2D eigenvalue weighted by atomic mass is 10.1. The number of sulfonamides is 1. The molecule has 0 aliphatic heterocycles. The zero-order valence-electron chi connectivity index (χ0n) is 17.2. The van der Waals surface area contributed by atoms with Gasteiger partial charge in [-0.1, -0.05) is 35.9 Å².